The van der Waals surface area contributed by atoms with E-state index in [9.17, 15) is 19.7 Å². The lowest BCUT2D eigenvalue weighted by molar-refractivity contribution is -0.384. The summed E-state index contributed by atoms with van der Waals surface area (Å²) in [5.74, 6) is -0.279. The number of hydrogen-bond acceptors (Lipinski definition) is 4. The van der Waals surface area contributed by atoms with Crippen LogP contribution in [-0.2, 0) is 0 Å². The summed E-state index contributed by atoms with van der Waals surface area (Å²) in [5.41, 5.74) is 2.15. The Balaban J connectivity index is 1.93. The smallest absolute Gasteiger partial charge is 0.320 e. The lowest BCUT2D eigenvalue weighted by Gasteiger charge is -2.30. The van der Waals surface area contributed by atoms with Crippen molar-refractivity contribution in [3.05, 3.63) is 117 Å². The molecule has 0 fully saturated rings. The lowest BCUT2D eigenvalue weighted by Crippen LogP contribution is -2.45. The monoisotopic (exact) mass is 399 g/mol. The number of nitrogens with one attached hydrogen (secondary N) is 2. The largest absolute Gasteiger partial charge is 0.327 e. The third-order valence-corrected chi connectivity index (χ3v) is 4.83. The van der Waals surface area contributed by atoms with E-state index in [0.717, 1.165) is 0 Å². The molecule has 1 atom stereocenters. The normalized spacial score (nSPS) is 15.9. The fraction of sp³-hybridized carbons (Fsp3) is 0.0435. The Kier molecular flexibility index (Phi) is 5.09. The second kappa shape index (κ2) is 8.00. The SMILES string of the molecule is O=C1NC(c2ccccc2)=C(C(=O)c2ccccc2)[C@H](c2cccc([N+](=O)[O-])c2)N1. The van der Waals surface area contributed by atoms with Gasteiger partial charge in [0.25, 0.3) is 5.69 Å². The van der Waals surface area contributed by atoms with Gasteiger partial charge in [-0.15, -0.1) is 0 Å². The topological polar surface area (TPSA) is 101 Å². The molecule has 1 heterocycles. The molecule has 0 saturated carbocycles. The fourth-order valence-corrected chi connectivity index (χ4v) is 3.45. The van der Waals surface area contributed by atoms with Gasteiger partial charge in [0.05, 0.1) is 22.2 Å². The van der Waals surface area contributed by atoms with E-state index in [1.54, 1.807) is 42.5 Å². The Morgan fingerprint density at radius 3 is 2.23 bits per heavy atom. The second-order valence-corrected chi connectivity index (χ2v) is 6.73. The Morgan fingerprint density at radius 2 is 1.57 bits per heavy atom. The highest BCUT2D eigenvalue weighted by Crippen LogP contribution is 2.34. The number of nitro groups is 1. The molecule has 3 aromatic carbocycles. The standard InChI is InChI=1S/C23H17N3O4/c27-22(16-10-5-2-6-11-16)19-20(15-8-3-1-4-9-15)24-23(28)25-21(19)17-12-7-13-18(14-17)26(29)30/h1-14,21H,(H2,24,25,28)/t21-/m0/s1. The van der Waals surface area contributed by atoms with Crippen LogP contribution in [0.1, 0.15) is 27.5 Å². The molecule has 7 heteroatoms. The predicted octanol–water partition coefficient (Wildman–Crippen LogP) is 4.24. The number of carbonyl (C=O) groups excluding carboxylic acids is 2. The first-order valence-corrected chi connectivity index (χ1v) is 9.26. The van der Waals surface area contributed by atoms with Crippen LogP contribution in [0.25, 0.3) is 5.70 Å². The molecular weight excluding hydrogens is 382 g/mol. The van der Waals surface area contributed by atoms with Crippen molar-refractivity contribution in [1.29, 1.82) is 0 Å². The summed E-state index contributed by atoms with van der Waals surface area (Å²) < 4.78 is 0. The van der Waals surface area contributed by atoms with Crippen LogP contribution in [0.3, 0.4) is 0 Å². The average molecular weight is 399 g/mol. The molecule has 0 unspecified atom stereocenters. The molecule has 0 radical (unpaired) electrons. The summed E-state index contributed by atoms with van der Waals surface area (Å²) in [6.07, 6.45) is 0. The molecule has 0 spiro atoms. The molecule has 0 aromatic heterocycles. The van der Waals surface area contributed by atoms with Crippen molar-refractivity contribution >= 4 is 23.2 Å². The zero-order valence-corrected chi connectivity index (χ0v) is 15.7. The highest BCUT2D eigenvalue weighted by molar-refractivity contribution is 6.16. The highest BCUT2D eigenvalue weighted by atomic mass is 16.6. The molecule has 2 N–H and O–H groups in total. The van der Waals surface area contributed by atoms with E-state index in [-0.39, 0.29) is 11.5 Å². The number of benzene rings is 3. The molecular formula is C23H17N3O4. The number of ketones is 1. The van der Waals surface area contributed by atoms with Gasteiger partial charge in [-0.2, -0.15) is 0 Å². The summed E-state index contributed by atoms with van der Waals surface area (Å²) in [6, 6.07) is 22.4. The number of rotatable bonds is 5. The number of Topliss-reactive ketones (excluding diaryl/α,β-unsaturated/α-hetero) is 1. The molecule has 148 valence electrons. The van der Waals surface area contributed by atoms with E-state index >= 15 is 0 Å². The van der Waals surface area contributed by atoms with Gasteiger partial charge in [0.2, 0.25) is 0 Å². The highest BCUT2D eigenvalue weighted by Gasteiger charge is 2.34. The van der Waals surface area contributed by atoms with Crippen LogP contribution < -0.4 is 10.6 Å². The van der Waals surface area contributed by atoms with E-state index in [4.69, 9.17) is 0 Å². The Labute approximate surface area is 172 Å². The minimum atomic E-state index is -0.846. The minimum Gasteiger partial charge on any atom is -0.327 e. The summed E-state index contributed by atoms with van der Waals surface area (Å²) >= 11 is 0. The van der Waals surface area contributed by atoms with Crippen LogP contribution in [0, 0.1) is 10.1 Å². The van der Waals surface area contributed by atoms with Crippen molar-refractivity contribution in [2.75, 3.05) is 0 Å². The maximum absolute atomic E-state index is 13.5. The number of nitro benzene ring substituents is 1. The van der Waals surface area contributed by atoms with Gasteiger partial charge >= 0.3 is 6.03 Å². The summed E-state index contributed by atoms with van der Waals surface area (Å²) in [5, 5.41) is 16.7. The maximum Gasteiger partial charge on any atom is 0.320 e. The minimum absolute atomic E-state index is 0.118. The number of amides is 2. The molecule has 3 aromatic rings. The first kappa shape index (κ1) is 19.1. The van der Waals surface area contributed by atoms with Crippen LogP contribution in [-0.4, -0.2) is 16.7 Å². The van der Waals surface area contributed by atoms with Crippen LogP contribution in [0.15, 0.2) is 90.5 Å². The van der Waals surface area contributed by atoms with Gasteiger partial charge < -0.3 is 10.6 Å². The van der Waals surface area contributed by atoms with E-state index in [0.29, 0.717) is 28.0 Å². The van der Waals surface area contributed by atoms with Crippen LogP contribution in [0.5, 0.6) is 0 Å². The van der Waals surface area contributed by atoms with Gasteiger partial charge in [-0.25, -0.2) is 4.79 Å². The lowest BCUT2D eigenvalue weighted by atomic mass is 9.87. The first-order chi connectivity index (χ1) is 14.5. The molecule has 0 saturated heterocycles. The molecule has 2 amide bonds. The van der Waals surface area contributed by atoms with Crippen molar-refractivity contribution in [2.45, 2.75) is 6.04 Å². The van der Waals surface area contributed by atoms with Gasteiger partial charge in [-0.1, -0.05) is 72.8 Å². The van der Waals surface area contributed by atoms with Crippen LogP contribution >= 0.6 is 0 Å². The molecule has 4 rings (SSSR count). The van der Waals surface area contributed by atoms with Crippen molar-refractivity contribution in [1.82, 2.24) is 10.6 Å². The Morgan fingerprint density at radius 1 is 0.900 bits per heavy atom. The molecule has 1 aliphatic heterocycles. The number of hydrogen-bond donors (Lipinski definition) is 2. The molecule has 30 heavy (non-hydrogen) atoms. The maximum atomic E-state index is 13.5. The summed E-state index contributed by atoms with van der Waals surface area (Å²) in [6.45, 7) is 0. The summed E-state index contributed by atoms with van der Waals surface area (Å²) in [4.78, 5) is 36.7. The Hall–Kier alpha value is -4.26. The van der Waals surface area contributed by atoms with Gasteiger partial charge in [0, 0.05) is 17.7 Å². The summed E-state index contributed by atoms with van der Waals surface area (Å²) in [7, 11) is 0. The quantitative estimate of drug-likeness (QED) is 0.381. The van der Waals surface area contributed by atoms with Gasteiger partial charge in [-0.05, 0) is 11.1 Å². The Bertz CT molecular complexity index is 1160. The molecule has 7 nitrogen and oxygen atoms in total. The average Bonchev–Trinajstić information content (AvgIpc) is 2.79. The molecule has 0 bridgehead atoms. The van der Waals surface area contributed by atoms with Gasteiger partial charge in [0.15, 0.2) is 5.78 Å². The molecule has 1 aliphatic rings. The number of nitrogens with zero attached hydrogens (tertiary/aromatic N) is 1. The van der Waals surface area contributed by atoms with E-state index < -0.39 is 17.0 Å². The number of carbonyl (C=O) groups is 2. The second-order valence-electron chi connectivity index (χ2n) is 6.73. The van der Waals surface area contributed by atoms with E-state index in [1.807, 2.05) is 24.3 Å². The van der Waals surface area contributed by atoms with Crippen molar-refractivity contribution in [2.24, 2.45) is 0 Å². The van der Waals surface area contributed by atoms with Gasteiger partial charge in [-0.3, -0.25) is 14.9 Å². The van der Waals surface area contributed by atoms with E-state index in [2.05, 4.69) is 10.6 Å². The number of non-ortho nitro benzene ring substituents is 1. The van der Waals surface area contributed by atoms with Crippen molar-refractivity contribution in [3.8, 4) is 0 Å². The van der Waals surface area contributed by atoms with Crippen LogP contribution in [0.4, 0.5) is 10.5 Å². The van der Waals surface area contributed by atoms with Crippen molar-refractivity contribution < 1.29 is 14.5 Å². The van der Waals surface area contributed by atoms with Crippen molar-refractivity contribution in [3.63, 3.8) is 0 Å². The fourth-order valence-electron chi connectivity index (χ4n) is 3.45. The number of urea groups is 1. The third kappa shape index (κ3) is 3.68. The third-order valence-electron chi connectivity index (χ3n) is 4.83. The first-order valence-electron chi connectivity index (χ1n) is 9.26. The molecule has 0 aliphatic carbocycles. The zero-order valence-electron chi connectivity index (χ0n) is 15.7. The van der Waals surface area contributed by atoms with Gasteiger partial charge in [0.1, 0.15) is 0 Å². The van der Waals surface area contributed by atoms with Crippen LogP contribution in [0.2, 0.25) is 0 Å². The zero-order chi connectivity index (χ0) is 21.1. The predicted molar refractivity (Wildman–Crippen MR) is 112 cm³/mol. The van der Waals surface area contributed by atoms with E-state index in [1.165, 1.54) is 18.2 Å².